The lowest BCUT2D eigenvalue weighted by Gasteiger charge is -2.33. The molecule has 0 bridgehead atoms. The standard InChI is InChI=1S/C33H51N/c1-30(2,3)24-16-22(17-25(20-24)31(4,5)6)29(28-14-13-15-34-28)23-18-26(32(7,8)9)21-27(19-23)33(10,11)12/h16-21,28-29,34H,13-15H2,1-12H3/t28-/m1/s1. The molecule has 34 heavy (non-hydrogen) atoms. The largest absolute Gasteiger partial charge is 0.313 e. The molecule has 1 aliphatic rings. The van der Waals surface area contributed by atoms with E-state index in [0.29, 0.717) is 12.0 Å². The van der Waals surface area contributed by atoms with Gasteiger partial charge in [0.25, 0.3) is 0 Å². The van der Waals surface area contributed by atoms with Crippen LogP contribution in [0, 0.1) is 0 Å². The van der Waals surface area contributed by atoms with Gasteiger partial charge in [0, 0.05) is 12.0 Å². The van der Waals surface area contributed by atoms with E-state index in [2.05, 4.69) is 125 Å². The first-order valence-electron chi connectivity index (χ1n) is 13.4. The van der Waals surface area contributed by atoms with E-state index < -0.39 is 0 Å². The topological polar surface area (TPSA) is 12.0 Å². The van der Waals surface area contributed by atoms with Crippen molar-refractivity contribution in [1.29, 1.82) is 0 Å². The summed E-state index contributed by atoms with van der Waals surface area (Å²) >= 11 is 0. The maximum absolute atomic E-state index is 3.89. The van der Waals surface area contributed by atoms with Crippen molar-refractivity contribution in [2.24, 2.45) is 0 Å². The van der Waals surface area contributed by atoms with Crippen LogP contribution in [0.15, 0.2) is 36.4 Å². The molecule has 2 aromatic rings. The summed E-state index contributed by atoms with van der Waals surface area (Å²) in [6.45, 7) is 29.3. The molecule has 0 aliphatic carbocycles. The van der Waals surface area contributed by atoms with Crippen LogP contribution in [-0.4, -0.2) is 12.6 Å². The van der Waals surface area contributed by atoms with E-state index >= 15 is 0 Å². The Hall–Kier alpha value is -1.60. The van der Waals surface area contributed by atoms with Crippen LogP contribution in [0.3, 0.4) is 0 Å². The first-order chi connectivity index (χ1) is 15.4. The van der Waals surface area contributed by atoms with E-state index in [1.807, 2.05) is 0 Å². The van der Waals surface area contributed by atoms with Gasteiger partial charge in [-0.05, 0) is 74.4 Å². The molecule has 2 aromatic carbocycles. The van der Waals surface area contributed by atoms with Gasteiger partial charge in [0.1, 0.15) is 0 Å². The van der Waals surface area contributed by atoms with Crippen LogP contribution in [0.4, 0.5) is 0 Å². The molecule has 1 atom stereocenters. The van der Waals surface area contributed by atoms with Crippen LogP contribution in [0.5, 0.6) is 0 Å². The third-order valence-corrected chi connectivity index (χ3v) is 7.59. The fourth-order valence-electron chi connectivity index (χ4n) is 5.05. The predicted molar refractivity (Wildman–Crippen MR) is 151 cm³/mol. The summed E-state index contributed by atoms with van der Waals surface area (Å²) in [4.78, 5) is 0. The van der Waals surface area contributed by atoms with Gasteiger partial charge in [0.05, 0.1) is 0 Å². The maximum atomic E-state index is 3.89. The van der Waals surface area contributed by atoms with E-state index in [0.717, 1.165) is 6.54 Å². The average molecular weight is 462 g/mol. The Morgan fingerprint density at radius 1 is 0.559 bits per heavy atom. The van der Waals surface area contributed by atoms with Crippen LogP contribution in [0.2, 0.25) is 0 Å². The molecule has 1 aliphatic heterocycles. The second kappa shape index (κ2) is 9.12. The third-order valence-electron chi connectivity index (χ3n) is 7.59. The highest BCUT2D eigenvalue weighted by Gasteiger charge is 2.32. The van der Waals surface area contributed by atoms with Crippen LogP contribution >= 0.6 is 0 Å². The number of rotatable bonds is 3. The lowest BCUT2D eigenvalue weighted by Crippen LogP contribution is -2.31. The van der Waals surface area contributed by atoms with Gasteiger partial charge in [-0.25, -0.2) is 0 Å². The molecule has 188 valence electrons. The minimum absolute atomic E-state index is 0.119. The Bertz CT molecular complexity index is 853. The van der Waals surface area contributed by atoms with E-state index in [9.17, 15) is 0 Å². The van der Waals surface area contributed by atoms with Crippen molar-refractivity contribution in [1.82, 2.24) is 5.32 Å². The zero-order chi connectivity index (χ0) is 25.7. The van der Waals surface area contributed by atoms with E-state index in [4.69, 9.17) is 0 Å². The highest BCUT2D eigenvalue weighted by atomic mass is 14.9. The molecule has 0 radical (unpaired) electrons. The summed E-state index contributed by atoms with van der Waals surface area (Å²) in [5.74, 6) is 0.356. The average Bonchev–Trinajstić information content (AvgIpc) is 3.19. The lowest BCUT2D eigenvalue weighted by molar-refractivity contribution is 0.523. The van der Waals surface area contributed by atoms with Crippen molar-refractivity contribution in [2.45, 2.75) is 130 Å². The number of hydrogen-bond donors (Lipinski definition) is 1. The summed E-state index contributed by atoms with van der Waals surface area (Å²) in [5.41, 5.74) is 9.20. The zero-order valence-corrected chi connectivity index (χ0v) is 24.2. The zero-order valence-electron chi connectivity index (χ0n) is 24.2. The Labute approximate surface area is 211 Å². The Morgan fingerprint density at radius 2 is 0.882 bits per heavy atom. The van der Waals surface area contributed by atoms with Crippen molar-refractivity contribution in [2.75, 3.05) is 6.54 Å². The minimum atomic E-state index is 0.119. The second-order valence-corrected chi connectivity index (χ2v) is 14.9. The molecular formula is C33H51N. The molecule has 1 heterocycles. The first-order valence-corrected chi connectivity index (χ1v) is 13.4. The van der Waals surface area contributed by atoms with Gasteiger partial charge in [0.2, 0.25) is 0 Å². The summed E-state index contributed by atoms with van der Waals surface area (Å²) in [7, 11) is 0. The third kappa shape index (κ3) is 6.14. The maximum Gasteiger partial charge on any atom is 0.0243 e. The fourth-order valence-corrected chi connectivity index (χ4v) is 5.05. The van der Waals surface area contributed by atoms with Gasteiger partial charge in [0.15, 0.2) is 0 Å². The van der Waals surface area contributed by atoms with Crippen LogP contribution in [0.1, 0.15) is 135 Å². The van der Waals surface area contributed by atoms with Gasteiger partial charge in [-0.1, -0.05) is 119 Å². The molecule has 1 nitrogen and oxygen atoms in total. The highest BCUT2D eigenvalue weighted by Crippen LogP contribution is 2.40. The molecule has 0 unspecified atom stereocenters. The lowest BCUT2D eigenvalue weighted by atomic mass is 9.73. The second-order valence-electron chi connectivity index (χ2n) is 14.9. The van der Waals surface area contributed by atoms with Gasteiger partial charge in [-0.3, -0.25) is 0 Å². The summed E-state index contributed by atoms with van der Waals surface area (Å²) in [6, 6.07) is 15.4. The number of benzene rings is 2. The molecule has 1 fully saturated rings. The molecule has 0 spiro atoms. The van der Waals surface area contributed by atoms with Gasteiger partial charge in [-0.2, -0.15) is 0 Å². The number of nitrogens with one attached hydrogen (secondary N) is 1. The summed E-state index contributed by atoms with van der Waals surface area (Å²) < 4.78 is 0. The van der Waals surface area contributed by atoms with E-state index in [1.165, 1.54) is 46.2 Å². The monoisotopic (exact) mass is 461 g/mol. The van der Waals surface area contributed by atoms with Gasteiger partial charge in [-0.15, -0.1) is 0 Å². The van der Waals surface area contributed by atoms with Crippen molar-refractivity contribution in [3.63, 3.8) is 0 Å². The van der Waals surface area contributed by atoms with Crippen LogP contribution in [0.25, 0.3) is 0 Å². The van der Waals surface area contributed by atoms with E-state index in [-0.39, 0.29) is 21.7 Å². The van der Waals surface area contributed by atoms with E-state index in [1.54, 1.807) is 0 Å². The molecule has 0 amide bonds. The summed E-state index contributed by atoms with van der Waals surface area (Å²) in [5, 5.41) is 3.89. The molecular weight excluding hydrogens is 410 g/mol. The normalized spacial score (nSPS) is 18.1. The molecule has 0 saturated carbocycles. The van der Waals surface area contributed by atoms with Crippen molar-refractivity contribution < 1.29 is 0 Å². The highest BCUT2D eigenvalue weighted by molar-refractivity contribution is 5.47. The van der Waals surface area contributed by atoms with Crippen molar-refractivity contribution >= 4 is 0 Å². The van der Waals surface area contributed by atoms with Gasteiger partial charge >= 0.3 is 0 Å². The molecule has 1 N–H and O–H groups in total. The smallest absolute Gasteiger partial charge is 0.0243 e. The van der Waals surface area contributed by atoms with Crippen LogP contribution < -0.4 is 5.32 Å². The quantitative estimate of drug-likeness (QED) is 0.481. The Morgan fingerprint density at radius 3 is 1.12 bits per heavy atom. The van der Waals surface area contributed by atoms with Gasteiger partial charge < -0.3 is 5.32 Å². The molecule has 1 heteroatoms. The molecule has 0 aromatic heterocycles. The predicted octanol–water partition coefficient (Wildman–Crippen LogP) is 8.76. The minimum Gasteiger partial charge on any atom is -0.313 e. The number of hydrogen-bond acceptors (Lipinski definition) is 1. The Kier molecular flexibility index (Phi) is 7.24. The first kappa shape index (κ1) is 27.0. The fraction of sp³-hybridized carbons (Fsp3) is 0.636. The summed E-state index contributed by atoms with van der Waals surface area (Å²) in [6.07, 6.45) is 2.50. The van der Waals surface area contributed by atoms with Crippen LogP contribution in [-0.2, 0) is 21.7 Å². The molecule has 3 rings (SSSR count). The Balaban J connectivity index is 2.32. The van der Waals surface area contributed by atoms with Crippen molar-refractivity contribution in [3.05, 3.63) is 69.8 Å². The molecule has 1 saturated heterocycles. The van der Waals surface area contributed by atoms with Crippen molar-refractivity contribution in [3.8, 4) is 0 Å². The SMILES string of the molecule is CC(C)(C)c1cc(C(c2cc(C(C)(C)C)cc(C(C)(C)C)c2)[C@H]2CCCN2)cc(C(C)(C)C)c1.